The van der Waals surface area contributed by atoms with Crippen molar-refractivity contribution < 1.29 is 14.5 Å². The Kier molecular flexibility index (Phi) is 5.75. The highest BCUT2D eigenvalue weighted by atomic mass is 32.2. The Morgan fingerprint density at radius 2 is 2.00 bits per heavy atom. The summed E-state index contributed by atoms with van der Waals surface area (Å²) >= 11 is -1.09. The van der Waals surface area contributed by atoms with Gasteiger partial charge in [-0.15, -0.1) is 4.72 Å². The molecule has 1 unspecified atom stereocenters. The minimum Gasteiger partial charge on any atom is -0.598 e. The van der Waals surface area contributed by atoms with E-state index >= 15 is 0 Å². The van der Waals surface area contributed by atoms with E-state index in [1.165, 1.54) is 4.90 Å². The molecule has 1 rings (SSSR count). The quantitative estimate of drug-likeness (QED) is 0.756. The third kappa shape index (κ3) is 5.04. The summed E-state index contributed by atoms with van der Waals surface area (Å²) in [6.45, 7) is 6.94. The first-order valence-electron chi connectivity index (χ1n) is 6.46. The van der Waals surface area contributed by atoms with Crippen LogP contribution in [0.1, 0.15) is 46.5 Å². The lowest BCUT2D eigenvalue weighted by atomic mass is 10.0. The van der Waals surface area contributed by atoms with Crippen molar-refractivity contribution >= 4 is 17.5 Å². The third-order valence-corrected chi connectivity index (χ3v) is 4.74. The van der Waals surface area contributed by atoms with E-state index in [4.69, 9.17) is 5.11 Å². The maximum atomic E-state index is 12.0. The number of amides is 1. The molecule has 0 aromatic rings. The monoisotopic (exact) mass is 276 g/mol. The number of hydrogen-bond acceptors (Lipinski definition) is 3. The Balaban J connectivity index is 2.48. The van der Waals surface area contributed by atoms with Crippen molar-refractivity contribution in [2.24, 2.45) is 0 Å². The number of carbonyl (C=O) groups is 1. The molecule has 1 heterocycles. The second-order valence-corrected chi connectivity index (χ2v) is 7.75. The average Bonchev–Trinajstić information content (AvgIpc) is 2.20. The van der Waals surface area contributed by atoms with E-state index in [0.29, 0.717) is 13.1 Å². The zero-order valence-corrected chi connectivity index (χ0v) is 12.3. The van der Waals surface area contributed by atoms with Gasteiger partial charge >= 0.3 is 6.09 Å². The highest BCUT2D eigenvalue weighted by Crippen LogP contribution is 2.18. The summed E-state index contributed by atoms with van der Waals surface area (Å²) in [5, 5.41) is 9.00. The number of carboxylic acid groups (broad SMARTS) is 1. The second kappa shape index (κ2) is 6.63. The Morgan fingerprint density at radius 1 is 1.33 bits per heavy atom. The van der Waals surface area contributed by atoms with Crippen LogP contribution >= 0.6 is 0 Å². The Hall–Kier alpha value is -0.460. The van der Waals surface area contributed by atoms with Gasteiger partial charge in [0.05, 0.1) is 6.04 Å². The van der Waals surface area contributed by atoms with Gasteiger partial charge in [-0.3, -0.25) is 0 Å². The first kappa shape index (κ1) is 15.6. The predicted octanol–water partition coefficient (Wildman–Crippen LogP) is 1.96. The smallest absolute Gasteiger partial charge is 0.407 e. The largest absolute Gasteiger partial charge is 0.598 e. The normalized spacial score (nSPS) is 24.2. The van der Waals surface area contributed by atoms with Gasteiger partial charge in [0.2, 0.25) is 0 Å². The molecule has 5 nitrogen and oxygen atoms in total. The SMILES string of the molecule is CC(C)(C)[S@@+]([O-])NC1CCCCN(C(=O)O)CC1. The van der Waals surface area contributed by atoms with Gasteiger partial charge in [-0.2, -0.15) is 0 Å². The highest BCUT2D eigenvalue weighted by molar-refractivity contribution is 7.90. The van der Waals surface area contributed by atoms with E-state index in [9.17, 15) is 9.35 Å². The van der Waals surface area contributed by atoms with Gasteiger partial charge in [0.25, 0.3) is 0 Å². The standard InChI is InChI=1S/C12H24N2O3S/c1-12(2,3)18(17)13-10-6-4-5-8-14(9-7-10)11(15)16/h10,13H,4-9H2,1-3H3,(H,15,16)/t10?,18-/m1/s1. The van der Waals surface area contributed by atoms with Crippen LogP contribution in [0.4, 0.5) is 4.79 Å². The molecule has 2 atom stereocenters. The zero-order valence-electron chi connectivity index (χ0n) is 11.4. The van der Waals surface area contributed by atoms with Gasteiger partial charge in [0.15, 0.2) is 0 Å². The molecule has 0 aliphatic carbocycles. The Bertz CT molecular complexity index is 281. The second-order valence-electron chi connectivity index (χ2n) is 5.75. The van der Waals surface area contributed by atoms with Crippen molar-refractivity contribution in [2.75, 3.05) is 13.1 Å². The number of rotatable bonds is 2. The summed E-state index contributed by atoms with van der Waals surface area (Å²) < 4.78 is 14.9. The number of likely N-dealkylation sites (tertiary alicyclic amines) is 1. The molecule has 0 spiro atoms. The van der Waals surface area contributed by atoms with Crippen molar-refractivity contribution in [3.8, 4) is 0 Å². The molecule has 1 fully saturated rings. The Labute approximate surface area is 112 Å². The topological polar surface area (TPSA) is 75.6 Å². The lowest BCUT2D eigenvalue weighted by Gasteiger charge is -2.30. The summed E-state index contributed by atoms with van der Waals surface area (Å²) in [7, 11) is 0. The van der Waals surface area contributed by atoms with Crippen LogP contribution in [-0.4, -0.2) is 44.5 Å². The van der Waals surface area contributed by atoms with Crippen LogP contribution in [-0.2, 0) is 11.4 Å². The summed E-state index contributed by atoms with van der Waals surface area (Å²) in [5.74, 6) is 0. The summed E-state index contributed by atoms with van der Waals surface area (Å²) in [5.41, 5.74) is 0. The molecular formula is C12H24N2O3S. The highest BCUT2D eigenvalue weighted by Gasteiger charge is 2.30. The van der Waals surface area contributed by atoms with Crippen LogP contribution in [0.3, 0.4) is 0 Å². The van der Waals surface area contributed by atoms with Gasteiger partial charge in [-0.1, -0.05) is 0 Å². The molecule has 0 radical (unpaired) electrons. The van der Waals surface area contributed by atoms with Crippen molar-refractivity contribution in [1.82, 2.24) is 9.62 Å². The van der Waals surface area contributed by atoms with Crippen LogP contribution in [0, 0.1) is 0 Å². The zero-order chi connectivity index (χ0) is 13.8. The van der Waals surface area contributed by atoms with Crippen molar-refractivity contribution in [2.45, 2.75) is 57.2 Å². The van der Waals surface area contributed by atoms with Crippen LogP contribution in [0.5, 0.6) is 0 Å². The van der Waals surface area contributed by atoms with Crippen LogP contribution in [0.15, 0.2) is 0 Å². The lowest BCUT2D eigenvalue weighted by molar-refractivity contribution is 0.139. The number of nitrogens with zero attached hydrogens (tertiary/aromatic N) is 1. The molecule has 6 heteroatoms. The first-order chi connectivity index (χ1) is 8.30. The summed E-state index contributed by atoms with van der Waals surface area (Å²) in [6, 6.07) is 0.146. The molecule has 0 saturated carbocycles. The molecule has 1 amide bonds. The maximum absolute atomic E-state index is 12.0. The minimum atomic E-state index is -1.09. The van der Waals surface area contributed by atoms with Crippen molar-refractivity contribution in [3.05, 3.63) is 0 Å². The molecular weight excluding hydrogens is 252 g/mol. The van der Waals surface area contributed by atoms with Crippen molar-refractivity contribution in [1.29, 1.82) is 0 Å². The summed E-state index contributed by atoms with van der Waals surface area (Å²) in [4.78, 5) is 12.4. The van der Waals surface area contributed by atoms with Crippen LogP contribution in [0.25, 0.3) is 0 Å². The fourth-order valence-corrected chi connectivity index (χ4v) is 2.79. The molecule has 18 heavy (non-hydrogen) atoms. The van der Waals surface area contributed by atoms with Gasteiger partial charge < -0.3 is 14.6 Å². The Morgan fingerprint density at radius 3 is 2.56 bits per heavy atom. The van der Waals surface area contributed by atoms with E-state index in [2.05, 4.69) is 4.72 Å². The molecule has 0 aromatic carbocycles. The van der Waals surface area contributed by atoms with E-state index in [1.54, 1.807) is 0 Å². The van der Waals surface area contributed by atoms with Crippen LogP contribution < -0.4 is 4.72 Å². The molecule has 0 aromatic heterocycles. The molecule has 1 aliphatic rings. The van der Waals surface area contributed by atoms with E-state index in [-0.39, 0.29) is 10.8 Å². The van der Waals surface area contributed by atoms with E-state index in [0.717, 1.165) is 25.7 Å². The fraction of sp³-hybridized carbons (Fsp3) is 0.917. The molecule has 1 saturated heterocycles. The molecule has 0 bridgehead atoms. The third-order valence-electron chi connectivity index (χ3n) is 3.08. The minimum absolute atomic E-state index is 0.146. The lowest BCUT2D eigenvalue weighted by Crippen LogP contribution is -2.46. The molecule has 2 N–H and O–H groups in total. The first-order valence-corrected chi connectivity index (χ1v) is 7.61. The predicted molar refractivity (Wildman–Crippen MR) is 72.9 cm³/mol. The molecule has 1 aliphatic heterocycles. The number of hydrogen-bond donors (Lipinski definition) is 2. The maximum Gasteiger partial charge on any atom is 0.407 e. The van der Waals surface area contributed by atoms with Gasteiger partial charge in [-0.05, 0) is 46.5 Å². The number of nitrogens with one attached hydrogen (secondary N) is 1. The average molecular weight is 276 g/mol. The van der Waals surface area contributed by atoms with E-state index in [1.807, 2.05) is 20.8 Å². The van der Waals surface area contributed by atoms with Gasteiger partial charge in [-0.25, -0.2) is 4.79 Å². The fourth-order valence-electron chi connectivity index (χ4n) is 1.90. The van der Waals surface area contributed by atoms with Crippen molar-refractivity contribution in [3.63, 3.8) is 0 Å². The van der Waals surface area contributed by atoms with Gasteiger partial charge in [0, 0.05) is 24.5 Å². The summed E-state index contributed by atoms with van der Waals surface area (Å²) in [6.07, 6.45) is 2.70. The molecule has 106 valence electrons. The van der Waals surface area contributed by atoms with Crippen LogP contribution in [0.2, 0.25) is 0 Å². The van der Waals surface area contributed by atoms with Gasteiger partial charge in [0.1, 0.15) is 4.75 Å². The van der Waals surface area contributed by atoms with E-state index < -0.39 is 17.5 Å².